The molecule has 0 atom stereocenters. The van der Waals surface area contributed by atoms with Crippen molar-refractivity contribution in [2.45, 2.75) is 64.6 Å². The maximum Gasteiger partial charge on any atom is 0.0602 e. The third-order valence-electron chi connectivity index (χ3n) is 3.30. The summed E-state index contributed by atoms with van der Waals surface area (Å²) in [5.41, 5.74) is 0.0289. The van der Waals surface area contributed by atoms with Crippen LogP contribution in [0.5, 0.6) is 0 Å². The van der Waals surface area contributed by atoms with Crippen molar-refractivity contribution in [3.05, 3.63) is 0 Å². The molecule has 1 fully saturated rings. The van der Waals surface area contributed by atoms with Gasteiger partial charge in [0.15, 0.2) is 0 Å². The summed E-state index contributed by atoms with van der Waals surface area (Å²) in [6.07, 6.45) is 7.10. The highest BCUT2D eigenvalue weighted by Gasteiger charge is 2.25. The van der Waals surface area contributed by atoms with Gasteiger partial charge in [-0.15, -0.1) is 0 Å². The largest absolute Gasteiger partial charge is 0.373 e. The van der Waals surface area contributed by atoms with Gasteiger partial charge in [0.05, 0.1) is 11.7 Å². The first kappa shape index (κ1) is 14.0. The molecule has 16 heavy (non-hydrogen) atoms. The van der Waals surface area contributed by atoms with Crippen LogP contribution in [0, 0.1) is 5.92 Å². The molecule has 2 nitrogen and oxygen atoms in total. The molecule has 0 heterocycles. The molecule has 0 unspecified atom stereocenters. The first-order valence-electron chi connectivity index (χ1n) is 6.69. The summed E-state index contributed by atoms with van der Waals surface area (Å²) in [6, 6.07) is 0. The Hall–Kier alpha value is -0.0800. The maximum atomic E-state index is 6.04. The number of hydrogen-bond donors (Lipinski definition) is 0. The minimum Gasteiger partial charge on any atom is -0.373 e. The van der Waals surface area contributed by atoms with E-state index in [0.717, 1.165) is 5.92 Å². The Morgan fingerprint density at radius 1 is 1.06 bits per heavy atom. The van der Waals surface area contributed by atoms with E-state index in [4.69, 9.17) is 4.74 Å². The van der Waals surface area contributed by atoms with Crippen molar-refractivity contribution in [1.82, 2.24) is 4.90 Å². The number of ether oxygens (including phenoxy) is 1. The van der Waals surface area contributed by atoms with E-state index in [-0.39, 0.29) is 5.60 Å². The Balaban J connectivity index is 2.18. The first-order chi connectivity index (χ1) is 7.37. The normalized spacial score (nSPS) is 27.4. The quantitative estimate of drug-likeness (QED) is 0.730. The molecule has 1 rings (SSSR count). The Labute approximate surface area is 101 Å². The average molecular weight is 227 g/mol. The van der Waals surface area contributed by atoms with Gasteiger partial charge in [-0.25, -0.2) is 0 Å². The molecule has 0 aliphatic heterocycles. The zero-order valence-electron chi connectivity index (χ0n) is 11.8. The summed E-state index contributed by atoms with van der Waals surface area (Å²) in [7, 11) is 4.32. The number of rotatable bonds is 4. The Bertz CT molecular complexity index is 187. The minimum atomic E-state index is 0.0289. The van der Waals surface area contributed by atoms with Crippen molar-refractivity contribution in [2.75, 3.05) is 20.6 Å². The smallest absolute Gasteiger partial charge is 0.0602 e. The van der Waals surface area contributed by atoms with E-state index in [9.17, 15) is 0 Å². The Morgan fingerprint density at radius 2 is 1.62 bits per heavy atom. The van der Waals surface area contributed by atoms with E-state index in [2.05, 4.69) is 39.8 Å². The van der Waals surface area contributed by atoms with Crippen LogP contribution < -0.4 is 0 Å². The molecule has 2 heteroatoms. The summed E-state index contributed by atoms with van der Waals surface area (Å²) in [5, 5.41) is 0. The monoisotopic (exact) mass is 227 g/mol. The van der Waals surface area contributed by atoms with Crippen molar-refractivity contribution in [3.63, 3.8) is 0 Å². The van der Waals surface area contributed by atoms with Crippen LogP contribution in [0.1, 0.15) is 52.9 Å². The van der Waals surface area contributed by atoms with Gasteiger partial charge in [0.1, 0.15) is 0 Å². The van der Waals surface area contributed by atoms with Gasteiger partial charge in [-0.1, -0.05) is 0 Å². The fourth-order valence-corrected chi connectivity index (χ4v) is 2.48. The van der Waals surface area contributed by atoms with E-state index in [1.165, 1.54) is 38.6 Å². The second kappa shape index (κ2) is 6.02. The highest BCUT2D eigenvalue weighted by Crippen LogP contribution is 2.30. The van der Waals surface area contributed by atoms with Gasteiger partial charge in [-0.05, 0) is 79.4 Å². The summed E-state index contributed by atoms with van der Waals surface area (Å²) in [4.78, 5) is 2.29. The molecule has 1 saturated carbocycles. The summed E-state index contributed by atoms with van der Waals surface area (Å²) in [6.45, 7) is 7.71. The lowest BCUT2D eigenvalue weighted by molar-refractivity contribution is -0.0787. The van der Waals surface area contributed by atoms with Crippen LogP contribution in [-0.4, -0.2) is 37.2 Å². The summed E-state index contributed by atoms with van der Waals surface area (Å²) in [5.74, 6) is 0.933. The van der Waals surface area contributed by atoms with Crippen LogP contribution in [0.4, 0.5) is 0 Å². The predicted octanol–water partition coefficient (Wildman–Crippen LogP) is 3.31. The van der Waals surface area contributed by atoms with Crippen LogP contribution in [0.25, 0.3) is 0 Å². The molecule has 0 aromatic carbocycles. The third-order valence-corrected chi connectivity index (χ3v) is 3.30. The lowest BCUT2D eigenvalue weighted by Crippen LogP contribution is -2.31. The maximum absolute atomic E-state index is 6.04. The van der Waals surface area contributed by atoms with Crippen molar-refractivity contribution >= 4 is 0 Å². The molecule has 0 spiro atoms. The van der Waals surface area contributed by atoms with Crippen LogP contribution in [-0.2, 0) is 4.74 Å². The number of nitrogens with zero attached hydrogens (tertiary/aromatic N) is 1. The van der Waals surface area contributed by atoms with Gasteiger partial charge >= 0.3 is 0 Å². The Morgan fingerprint density at radius 3 is 2.06 bits per heavy atom. The lowest BCUT2D eigenvalue weighted by Gasteiger charge is -2.33. The standard InChI is InChI=1S/C14H29NO/c1-14(2,3)16-13-8-6-12(7-9-13)10-11-15(4)5/h12-13H,6-11H2,1-5H3. The topological polar surface area (TPSA) is 12.5 Å². The van der Waals surface area contributed by atoms with Crippen LogP contribution >= 0.6 is 0 Å². The average Bonchev–Trinajstić information content (AvgIpc) is 2.14. The molecule has 0 saturated heterocycles. The molecule has 0 bridgehead atoms. The zero-order valence-corrected chi connectivity index (χ0v) is 11.8. The Kier molecular flexibility index (Phi) is 5.26. The van der Waals surface area contributed by atoms with Gasteiger partial charge < -0.3 is 9.64 Å². The van der Waals surface area contributed by atoms with Crippen molar-refractivity contribution in [3.8, 4) is 0 Å². The van der Waals surface area contributed by atoms with Gasteiger partial charge in [0.2, 0.25) is 0 Å². The van der Waals surface area contributed by atoms with E-state index in [1.54, 1.807) is 0 Å². The fraction of sp³-hybridized carbons (Fsp3) is 1.00. The molecule has 0 aromatic heterocycles. The van der Waals surface area contributed by atoms with Crippen LogP contribution in [0.3, 0.4) is 0 Å². The molecule has 0 aromatic rings. The number of hydrogen-bond acceptors (Lipinski definition) is 2. The van der Waals surface area contributed by atoms with Crippen LogP contribution in [0.15, 0.2) is 0 Å². The summed E-state index contributed by atoms with van der Waals surface area (Å²) >= 11 is 0. The SMILES string of the molecule is CN(C)CCC1CCC(OC(C)(C)C)CC1. The predicted molar refractivity (Wildman–Crippen MR) is 69.8 cm³/mol. The van der Waals surface area contributed by atoms with E-state index >= 15 is 0 Å². The molecule has 0 amide bonds. The zero-order chi connectivity index (χ0) is 12.2. The fourth-order valence-electron chi connectivity index (χ4n) is 2.48. The molecular formula is C14H29NO. The summed E-state index contributed by atoms with van der Waals surface area (Å²) < 4.78 is 6.04. The minimum absolute atomic E-state index is 0.0289. The van der Waals surface area contributed by atoms with Gasteiger partial charge in [-0.3, -0.25) is 0 Å². The van der Waals surface area contributed by atoms with Gasteiger partial charge in [0.25, 0.3) is 0 Å². The van der Waals surface area contributed by atoms with E-state index in [1.807, 2.05) is 0 Å². The molecular weight excluding hydrogens is 198 g/mol. The second-order valence-electron chi connectivity index (χ2n) is 6.46. The lowest BCUT2D eigenvalue weighted by atomic mass is 9.85. The highest BCUT2D eigenvalue weighted by molar-refractivity contribution is 4.75. The van der Waals surface area contributed by atoms with Crippen LogP contribution in [0.2, 0.25) is 0 Å². The van der Waals surface area contributed by atoms with Crippen molar-refractivity contribution in [1.29, 1.82) is 0 Å². The van der Waals surface area contributed by atoms with E-state index < -0.39 is 0 Å². The van der Waals surface area contributed by atoms with Crippen molar-refractivity contribution < 1.29 is 4.74 Å². The van der Waals surface area contributed by atoms with Crippen molar-refractivity contribution in [2.24, 2.45) is 5.92 Å². The molecule has 1 aliphatic rings. The molecule has 0 radical (unpaired) electrons. The molecule has 1 aliphatic carbocycles. The van der Waals surface area contributed by atoms with E-state index in [0.29, 0.717) is 6.10 Å². The van der Waals surface area contributed by atoms with Gasteiger partial charge in [-0.2, -0.15) is 0 Å². The highest BCUT2D eigenvalue weighted by atomic mass is 16.5. The molecule has 0 N–H and O–H groups in total. The second-order valence-corrected chi connectivity index (χ2v) is 6.46. The van der Waals surface area contributed by atoms with Gasteiger partial charge in [0, 0.05) is 0 Å². The molecule has 96 valence electrons. The first-order valence-corrected chi connectivity index (χ1v) is 6.69. The third kappa shape index (κ3) is 5.86.